The monoisotopic (exact) mass is 264 g/mol. The largest absolute Gasteiger partial charge is 0.458 e. The molecule has 0 aliphatic carbocycles. The van der Waals surface area contributed by atoms with Crippen LogP contribution in [0.2, 0.25) is 6.32 Å². The van der Waals surface area contributed by atoms with Gasteiger partial charge in [0, 0.05) is 0 Å². The second-order valence-electron chi connectivity index (χ2n) is 6.38. The van der Waals surface area contributed by atoms with Crippen molar-refractivity contribution in [1.29, 1.82) is 0 Å². The number of hydrogen-bond acceptors (Lipinski definition) is 2. The van der Waals surface area contributed by atoms with Crippen LogP contribution in [0.25, 0.3) is 0 Å². The van der Waals surface area contributed by atoms with Crippen LogP contribution in [0.1, 0.15) is 46.1 Å². The van der Waals surface area contributed by atoms with Crippen molar-refractivity contribution in [2.24, 2.45) is 0 Å². The number of hydrogen-bond donors (Lipinski definition) is 0. The van der Waals surface area contributed by atoms with Gasteiger partial charge in [-0.05, 0) is 57.6 Å². The Hall–Kier alpha value is -0.865. The molecule has 0 radical (unpaired) electrons. The van der Waals surface area contributed by atoms with E-state index in [2.05, 4.69) is 6.92 Å². The van der Waals surface area contributed by atoms with Gasteiger partial charge in [-0.25, -0.2) is 4.39 Å². The lowest BCUT2D eigenvalue weighted by atomic mass is 9.75. The van der Waals surface area contributed by atoms with Crippen LogP contribution < -0.4 is 0 Å². The molecule has 104 valence electrons. The second kappa shape index (κ2) is 4.91. The molecular weight excluding hydrogens is 242 g/mol. The summed E-state index contributed by atoms with van der Waals surface area (Å²) in [5, 5.41) is 0. The lowest BCUT2D eigenvalue weighted by Crippen LogP contribution is -2.41. The van der Waals surface area contributed by atoms with Crippen molar-refractivity contribution in [2.45, 2.75) is 58.1 Å². The van der Waals surface area contributed by atoms with Crippen LogP contribution in [0.5, 0.6) is 0 Å². The van der Waals surface area contributed by atoms with Gasteiger partial charge in [0.15, 0.2) is 0 Å². The minimum Gasteiger partial charge on any atom is -0.403 e. The number of rotatable bonds is 3. The van der Waals surface area contributed by atoms with E-state index >= 15 is 0 Å². The number of halogens is 1. The Morgan fingerprint density at radius 3 is 2.26 bits per heavy atom. The Morgan fingerprint density at radius 2 is 1.74 bits per heavy atom. The van der Waals surface area contributed by atoms with Crippen molar-refractivity contribution in [2.75, 3.05) is 0 Å². The first-order chi connectivity index (χ1) is 8.71. The first-order valence-corrected chi connectivity index (χ1v) is 6.82. The molecule has 0 saturated carbocycles. The highest BCUT2D eigenvalue weighted by atomic mass is 19.1. The summed E-state index contributed by atoms with van der Waals surface area (Å²) >= 11 is 0. The molecule has 0 amide bonds. The molecule has 1 atom stereocenters. The fourth-order valence-electron chi connectivity index (χ4n) is 2.30. The summed E-state index contributed by atoms with van der Waals surface area (Å²) < 4.78 is 25.2. The van der Waals surface area contributed by atoms with Gasteiger partial charge in [-0.15, -0.1) is 0 Å². The van der Waals surface area contributed by atoms with Crippen molar-refractivity contribution in [3.8, 4) is 0 Å². The normalized spacial score (nSPS) is 22.5. The van der Waals surface area contributed by atoms with Crippen LogP contribution >= 0.6 is 0 Å². The van der Waals surface area contributed by atoms with E-state index in [0.717, 1.165) is 11.9 Å². The van der Waals surface area contributed by atoms with Gasteiger partial charge in [0.05, 0.1) is 11.2 Å². The van der Waals surface area contributed by atoms with Crippen LogP contribution in [0.3, 0.4) is 0 Å². The van der Waals surface area contributed by atoms with E-state index in [4.69, 9.17) is 9.31 Å². The quantitative estimate of drug-likeness (QED) is 0.767. The van der Waals surface area contributed by atoms with Gasteiger partial charge < -0.3 is 9.31 Å². The molecule has 1 heterocycles. The van der Waals surface area contributed by atoms with Crippen LogP contribution in [-0.2, 0) is 9.31 Å². The predicted octanol–water partition coefficient (Wildman–Crippen LogP) is 4.02. The van der Waals surface area contributed by atoms with E-state index in [9.17, 15) is 4.39 Å². The third-order valence-electron chi connectivity index (χ3n) is 4.27. The molecule has 1 unspecified atom stereocenters. The van der Waals surface area contributed by atoms with E-state index in [1.54, 1.807) is 12.1 Å². The summed E-state index contributed by atoms with van der Waals surface area (Å²) in [6, 6.07) is 6.73. The molecule has 0 N–H and O–H groups in total. The molecule has 1 aliphatic heterocycles. The Balaban J connectivity index is 2.03. The van der Waals surface area contributed by atoms with Crippen LogP contribution in [0.4, 0.5) is 4.39 Å². The SMILES string of the molecule is CC(CB1OC(C)(C)C(C)(C)O1)c1cccc(F)c1. The lowest BCUT2D eigenvalue weighted by Gasteiger charge is -2.32. The minimum absolute atomic E-state index is 0.196. The molecule has 1 aromatic rings. The van der Waals surface area contributed by atoms with Gasteiger partial charge in [0.2, 0.25) is 0 Å². The average Bonchev–Trinajstić information content (AvgIpc) is 2.46. The molecule has 19 heavy (non-hydrogen) atoms. The topological polar surface area (TPSA) is 18.5 Å². The van der Waals surface area contributed by atoms with Crippen LogP contribution in [-0.4, -0.2) is 18.3 Å². The summed E-state index contributed by atoms with van der Waals surface area (Å²) in [4.78, 5) is 0. The summed E-state index contributed by atoms with van der Waals surface area (Å²) in [6.07, 6.45) is 0.732. The molecule has 0 spiro atoms. The maximum absolute atomic E-state index is 13.2. The molecule has 1 aliphatic rings. The highest BCUT2D eigenvalue weighted by Crippen LogP contribution is 2.39. The van der Waals surface area contributed by atoms with Gasteiger partial charge in [-0.1, -0.05) is 19.1 Å². The Labute approximate surface area is 115 Å². The third kappa shape index (κ3) is 3.01. The van der Waals surface area contributed by atoms with E-state index in [0.29, 0.717) is 0 Å². The summed E-state index contributed by atoms with van der Waals surface area (Å²) in [5.74, 6) is 0.00340. The van der Waals surface area contributed by atoms with Gasteiger partial charge in [0.1, 0.15) is 5.82 Å². The molecule has 2 rings (SSSR count). The van der Waals surface area contributed by atoms with E-state index in [1.807, 2.05) is 33.8 Å². The smallest absolute Gasteiger partial charge is 0.403 e. The molecule has 2 nitrogen and oxygen atoms in total. The average molecular weight is 264 g/mol. The molecular formula is C15H22BFO2. The molecule has 0 bridgehead atoms. The zero-order valence-corrected chi connectivity index (χ0v) is 12.4. The summed E-state index contributed by atoms with van der Waals surface area (Å²) in [7, 11) is -0.233. The Kier molecular flexibility index (Phi) is 3.76. The zero-order chi connectivity index (χ0) is 14.3. The Morgan fingerprint density at radius 1 is 1.16 bits per heavy atom. The minimum atomic E-state index is -0.306. The first-order valence-electron chi connectivity index (χ1n) is 6.82. The van der Waals surface area contributed by atoms with Crippen molar-refractivity contribution < 1.29 is 13.7 Å². The fourth-order valence-corrected chi connectivity index (χ4v) is 2.30. The third-order valence-corrected chi connectivity index (χ3v) is 4.27. The van der Waals surface area contributed by atoms with Crippen molar-refractivity contribution in [1.82, 2.24) is 0 Å². The Bertz CT molecular complexity index is 443. The van der Waals surface area contributed by atoms with Gasteiger partial charge in [-0.3, -0.25) is 0 Å². The number of benzene rings is 1. The van der Waals surface area contributed by atoms with Gasteiger partial charge in [0.25, 0.3) is 0 Å². The van der Waals surface area contributed by atoms with Crippen molar-refractivity contribution in [3.05, 3.63) is 35.6 Å². The van der Waals surface area contributed by atoms with Crippen molar-refractivity contribution >= 4 is 7.12 Å². The maximum Gasteiger partial charge on any atom is 0.458 e. The molecule has 1 saturated heterocycles. The summed E-state index contributed by atoms with van der Waals surface area (Å²) in [5.41, 5.74) is 0.369. The van der Waals surface area contributed by atoms with Gasteiger partial charge >= 0.3 is 7.12 Å². The van der Waals surface area contributed by atoms with Gasteiger partial charge in [-0.2, -0.15) is 0 Å². The maximum atomic E-state index is 13.2. The van der Waals surface area contributed by atoms with Crippen LogP contribution in [0.15, 0.2) is 24.3 Å². The molecule has 0 aromatic heterocycles. The van der Waals surface area contributed by atoms with E-state index < -0.39 is 0 Å². The molecule has 1 aromatic carbocycles. The zero-order valence-electron chi connectivity index (χ0n) is 12.4. The fraction of sp³-hybridized carbons (Fsp3) is 0.600. The second-order valence-corrected chi connectivity index (χ2v) is 6.38. The molecule has 4 heteroatoms. The highest BCUT2D eigenvalue weighted by Gasteiger charge is 2.51. The van der Waals surface area contributed by atoms with Crippen LogP contribution in [0, 0.1) is 5.82 Å². The lowest BCUT2D eigenvalue weighted by molar-refractivity contribution is 0.00578. The standard InChI is InChI=1S/C15H22BFO2/c1-11(12-7-6-8-13(17)9-12)10-16-18-14(2,3)15(4,5)19-16/h6-9,11H,10H2,1-5H3. The van der Waals surface area contributed by atoms with Crippen molar-refractivity contribution in [3.63, 3.8) is 0 Å². The van der Waals surface area contributed by atoms with E-state index in [-0.39, 0.29) is 30.1 Å². The highest BCUT2D eigenvalue weighted by molar-refractivity contribution is 6.45. The first kappa shape index (κ1) is 14.5. The summed E-state index contributed by atoms with van der Waals surface area (Å²) in [6.45, 7) is 10.2. The predicted molar refractivity (Wildman–Crippen MR) is 75.7 cm³/mol. The molecule has 1 fully saturated rings. The van der Waals surface area contributed by atoms with E-state index in [1.165, 1.54) is 6.07 Å².